The number of carbonyl (C=O) groups is 1. The molecular formula is C17H27N3O. The summed E-state index contributed by atoms with van der Waals surface area (Å²) < 4.78 is 0. The second-order valence-electron chi connectivity index (χ2n) is 6.20. The minimum absolute atomic E-state index is 0.0331. The van der Waals surface area contributed by atoms with Crippen LogP contribution in [0.5, 0.6) is 0 Å². The number of aromatic nitrogens is 1. The molecule has 0 aliphatic heterocycles. The molecule has 0 saturated heterocycles. The highest BCUT2D eigenvalue weighted by molar-refractivity contribution is 5.95. The van der Waals surface area contributed by atoms with Crippen molar-refractivity contribution in [3.63, 3.8) is 0 Å². The van der Waals surface area contributed by atoms with Gasteiger partial charge in [0.1, 0.15) is 5.82 Å². The summed E-state index contributed by atoms with van der Waals surface area (Å²) in [5, 5.41) is 6.44. The van der Waals surface area contributed by atoms with Gasteiger partial charge in [-0.3, -0.25) is 4.79 Å². The fraction of sp³-hybridized carbons (Fsp3) is 0.647. The maximum absolute atomic E-state index is 12.4. The zero-order chi connectivity index (χ0) is 15.2. The Morgan fingerprint density at radius 2 is 2.05 bits per heavy atom. The summed E-state index contributed by atoms with van der Waals surface area (Å²) in [6, 6.07) is 4.14. The second kappa shape index (κ2) is 7.43. The van der Waals surface area contributed by atoms with Gasteiger partial charge >= 0.3 is 0 Å². The number of amides is 1. The molecule has 1 saturated carbocycles. The Kier molecular flexibility index (Phi) is 5.59. The van der Waals surface area contributed by atoms with E-state index in [4.69, 9.17) is 0 Å². The van der Waals surface area contributed by atoms with Gasteiger partial charge in [-0.25, -0.2) is 4.98 Å². The number of hydrogen-bond acceptors (Lipinski definition) is 3. The Balaban J connectivity index is 2.15. The predicted molar refractivity (Wildman–Crippen MR) is 86.8 cm³/mol. The first-order chi connectivity index (χ1) is 10.1. The Hall–Kier alpha value is -1.58. The third-order valence-corrected chi connectivity index (χ3v) is 3.95. The molecule has 0 bridgehead atoms. The van der Waals surface area contributed by atoms with E-state index in [-0.39, 0.29) is 5.91 Å². The molecule has 2 N–H and O–H groups in total. The van der Waals surface area contributed by atoms with E-state index in [9.17, 15) is 4.79 Å². The van der Waals surface area contributed by atoms with E-state index in [1.54, 1.807) is 0 Å². The topological polar surface area (TPSA) is 54.0 Å². The lowest BCUT2D eigenvalue weighted by atomic mass is 10.1. The van der Waals surface area contributed by atoms with Gasteiger partial charge in [0.05, 0.1) is 0 Å². The molecule has 0 unspecified atom stereocenters. The van der Waals surface area contributed by atoms with Gasteiger partial charge in [-0.15, -0.1) is 0 Å². The molecule has 1 heterocycles. The fourth-order valence-corrected chi connectivity index (χ4v) is 2.66. The maximum Gasteiger partial charge on any atom is 0.251 e. The third-order valence-electron chi connectivity index (χ3n) is 3.95. The zero-order valence-corrected chi connectivity index (χ0v) is 13.4. The average molecular weight is 289 g/mol. The summed E-state index contributed by atoms with van der Waals surface area (Å²) in [6.45, 7) is 7.19. The summed E-state index contributed by atoms with van der Waals surface area (Å²) in [6.07, 6.45) is 5.70. The van der Waals surface area contributed by atoms with Crippen LogP contribution in [-0.4, -0.2) is 23.5 Å². The van der Waals surface area contributed by atoms with Crippen molar-refractivity contribution in [1.82, 2.24) is 10.3 Å². The van der Waals surface area contributed by atoms with Crippen molar-refractivity contribution in [2.45, 2.75) is 64.8 Å². The first kappa shape index (κ1) is 15.8. The highest BCUT2D eigenvalue weighted by atomic mass is 16.1. The molecule has 4 nitrogen and oxygen atoms in total. The lowest BCUT2D eigenvalue weighted by Gasteiger charge is -2.15. The largest absolute Gasteiger partial charge is 0.370 e. The van der Waals surface area contributed by atoms with Gasteiger partial charge in [0.2, 0.25) is 0 Å². The van der Waals surface area contributed by atoms with Gasteiger partial charge in [0, 0.05) is 23.8 Å². The lowest BCUT2D eigenvalue weighted by Crippen LogP contribution is -2.32. The van der Waals surface area contributed by atoms with Crippen LogP contribution in [0.3, 0.4) is 0 Å². The van der Waals surface area contributed by atoms with Crippen molar-refractivity contribution in [3.8, 4) is 0 Å². The van der Waals surface area contributed by atoms with Gasteiger partial charge in [-0.05, 0) is 37.3 Å². The van der Waals surface area contributed by atoms with Crippen molar-refractivity contribution < 1.29 is 4.79 Å². The van der Waals surface area contributed by atoms with Crippen molar-refractivity contribution in [2.75, 3.05) is 11.9 Å². The lowest BCUT2D eigenvalue weighted by molar-refractivity contribution is 0.0937. The summed E-state index contributed by atoms with van der Waals surface area (Å²) in [7, 11) is 0. The number of anilines is 1. The van der Waals surface area contributed by atoms with Crippen LogP contribution in [0.1, 0.15) is 74.8 Å². The van der Waals surface area contributed by atoms with E-state index in [0.717, 1.165) is 42.9 Å². The van der Waals surface area contributed by atoms with E-state index in [0.29, 0.717) is 12.0 Å². The Morgan fingerprint density at radius 1 is 1.33 bits per heavy atom. The van der Waals surface area contributed by atoms with Crippen LogP contribution in [0, 0.1) is 0 Å². The molecule has 4 heteroatoms. The highest BCUT2D eigenvalue weighted by Gasteiger charge is 2.19. The summed E-state index contributed by atoms with van der Waals surface area (Å²) >= 11 is 0. The predicted octanol–water partition coefficient (Wildman–Crippen LogP) is 3.70. The van der Waals surface area contributed by atoms with E-state index in [2.05, 4.69) is 36.4 Å². The molecule has 116 valence electrons. The van der Waals surface area contributed by atoms with Crippen LogP contribution < -0.4 is 10.6 Å². The highest BCUT2D eigenvalue weighted by Crippen LogP contribution is 2.20. The molecule has 0 aromatic carbocycles. The third kappa shape index (κ3) is 4.45. The molecule has 21 heavy (non-hydrogen) atoms. The Morgan fingerprint density at radius 3 is 2.67 bits per heavy atom. The first-order valence-electron chi connectivity index (χ1n) is 8.17. The minimum Gasteiger partial charge on any atom is -0.370 e. The van der Waals surface area contributed by atoms with Crippen molar-refractivity contribution in [1.29, 1.82) is 0 Å². The molecule has 1 amide bonds. The fourth-order valence-electron chi connectivity index (χ4n) is 2.66. The van der Waals surface area contributed by atoms with Crippen LogP contribution >= 0.6 is 0 Å². The number of hydrogen-bond donors (Lipinski definition) is 2. The smallest absolute Gasteiger partial charge is 0.251 e. The number of rotatable bonds is 6. The van der Waals surface area contributed by atoms with Crippen LogP contribution in [-0.2, 0) is 0 Å². The van der Waals surface area contributed by atoms with Gasteiger partial charge < -0.3 is 10.6 Å². The van der Waals surface area contributed by atoms with Crippen molar-refractivity contribution in [3.05, 3.63) is 23.4 Å². The Bertz CT molecular complexity index is 479. The first-order valence-corrected chi connectivity index (χ1v) is 8.17. The van der Waals surface area contributed by atoms with E-state index in [1.165, 1.54) is 12.8 Å². The van der Waals surface area contributed by atoms with Gasteiger partial charge in [-0.1, -0.05) is 33.6 Å². The molecule has 1 aliphatic carbocycles. The standard InChI is InChI=1S/C17H27N3O/c1-4-9-18-16-11-13(10-15(20-16)12(2)3)17(21)19-14-7-5-6-8-14/h10-12,14H,4-9H2,1-3H3,(H,18,20)(H,19,21). The van der Waals surface area contributed by atoms with Crippen LogP contribution in [0.2, 0.25) is 0 Å². The quantitative estimate of drug-likeness (QED) is 0.839. The maximum atomic E-state index is 12.4. The monoisotopic (exact) mass is 289 g/mol. The summed E-state index contributed by atoms with van der Waals surface area (Å²) in [5.41, 5.74) is 1.69. The molecule has 2 rings (SSSR count). The van der Waals surface area contributed by atoms with Gasteiger partial charge in [-0.2, -0.15) is 0 Å². The normalized spacial score (nSPS) is 15.4. The van der Waals surface area contributed by atoms with Crippen molar-refractivity contribution in [2.24, 2.45) is 0 Å². The zero-order valence-electron chi connectivity index (χ0n) is 13.4. The summed E-state index contributed by atoms with van der Waals surface area (Å²) in [4.78, 5) is 17.0. The molecule has 1 aliphatic rings. The van der Waals surface area contributed by atoms with Gasteiger partial charge in [0.15, 0.2) is 0 Å². The molecule has 0 radical (unpaired) electrons. The van der Waals surface area contributed by atoms with E-state index < -0.39 is 0 Å². The van der Waals surface area contributed by atoms with Crippen molar-refractivity contribution >= 4 is 11.7 Å². The van der Waals surface area contributed by atoms with Crippen LogP contribution in [0.4, 0.5) is 5.82 Å². The molecule has 0 spiro atoms. The second-order valence-corrected chi connectivity index (χ2v) is 6.20. The minimum atomic E-state index is 0.0331. The SMILES string of the molecule is CCCNc1cc(C(=O)NC2CCCC2)cc(C(C)C)n1. The molecule has 1 aromatic rings. The molecule has 1 aromatic heterocycles. The van der Waals surface area contributed by atoms with Crippen LogP contribution in [0.15, 0.2) is 12.1 Å². The molecular weight excluding hydrogens is 262 g/mol. The number of pyridine rings is 1. The summed E-state index contributed by atoms with van der Waals surface area (Å²) in [5.74, 6) is 1.15. The van der Waals surface area contributed by atoms with E-state index in [1.807, 2.05) is 12.1 Å². The van der Waals surface area contributed by atoms with Crippen LogP contribution in [0.25, 0.3) is 0 Å². The number of nitrogens with one attached hydrogen (secondary N) is 2. The number of carbonyl (C=O) groups excluding carboxylic acids is 1. The molecule has 1 fully saturated rings. The Labute approximate surface area is 127 Å². The van der Waals surface area contributed by atoms with E-state index >= 15 is 0 Å². The number of nitrogens with zero attached hydrogens (tertiary/aromatic N) is 1. The van der Waals surface area contributed by atoms with Gasteiger partial charge in [0.25, 0.3) is 5.91 Å². The average Bonchev–Trinajstić information content (AvgIpc) is 2.97. The molecule has 0 atom stereocenters.